The Balaban J connectivity index is 1.24. The molecule has 248 valence electrons. The van der Waals surface area contributed by atoms with Crippen LogP contribution in [0.2, 0.25) is 0 Å². The number of hydrogen-bond donors (Lipinski definition) is 3. The first-order valence-corrected chi connectivity index (χ1v) is 17.4. The lowest BCUT2D eigenvalue weighted by molar-refractivity contribution is -0.133. The molecule has 1 aliphatic carbocycles. The second-order valence-electron chi connectivity index (χ2n) is 13.1. The number of carbonyl (C=O) groups excluding carboxylic acids is 3. The number of hydrogen-bond acceptors (Lipinski definition) is 4. The summed E-state index contributed by atoms with van der Waals surface area (Å²) in [6.07, 6.45) is 10.8. The van der Waals surface area contributed by atoms with Crippen molar-refractivity contribution in [2.24, 2.45) is 5.92 Å². The van der Waals surface area contributed by atoms with Gasteiger partial charge in [0.15, 0.2) is 0 Å². The summed E-state index contributed by atoms with van der Waals surface area (Å²) < 4.78 is 0. The Hall–Kier alpha value is -4.23. The van der Waals surface area contributed by atoms with E-state index in [1.54, 1.807) is 6.08 Å². The Morgan fingerprint density at radius 1 is 0.872 bits per heavy atom. The Morgan fingerprint density at radius 3 is 2.19 bits per heavy atom. The minimum absolute atomic E-state index is 0.0416. The molecule has 0 aromatic heterocycles. The van der Waals surface area contributed by atoms with E-state index >= 15 is 0 Å². The Kier molecular flexibility index (Phi) is 12.8. The molecule has 0 spiro atoms. The van der Waals surface area contributed by atoms with Gasteiger partial charge in [0.25, 0.3) is 0 Å². The van der Waals surface area contributed by atoms with Crippen molar-refractivity contribution in [3.8, 4) is 0 Å². The van der Waals surface area contributed by atoms with Gasteiger partial charge in [-0.2, -0.15) is 0 Å². The minimum Gasteiger partial charge on any atom is -0.356 e. The van der Waals surface area contributed by atoms with Crippen LogP contribution >= 0.6 is 0 Å². The number of nitrogens with one attached hydrogen (secondary N) is 3. The lowest BCUT2D eigenvalue weighted by atomic mass is 9.88. The van der Waals surface area contributed by atoms with Gasteiger partial charge in [0, 0.05) is 50.1 Å². The summed E-state index contributed by atoms with van der Waals surface area (Å²) in [4.78, 5) is 41.6. The highest BCUT2D eigenvalue weighted by Crippen LogP contribution is 2.27. The third kappa shape index (κ3) is 10.4. The van der Waals surface area contributed by atoms with Gasteiger partial charge in [0.1, 0.15) is 0 Å². The van der Waals surface area contributed by atoms with Gasteiger partial charge >= 0.3 is 0 Å². The molecule has 2 atom stereocenters. The van der Waals surface area contributed by atoms with Crippen molar-refractivity contribution in [3.63, 3.8) is 0 Å². The van der Waals surface area contributed by atoms with E-state index in [1.807, 2.05) is 78.6 Å². The van der Waals surface area contributed by atoms with Crippen LogP contribution in [-0.4, -0.2) is 60.9 Å². The molecule has 3 N–H and O–H groups in total. The number of benzene rings is 3. The van der Waals surface area contributed by atoms with Crippen LogP contribution in [0, 0.1) is 12.8 Å². The van der Waals surface area contributed by atoms with Crippen molar-refractivity contribution < 1.29 is 14.4 Å². The number of nitrogens with zero attached hydrogens (tertiary/aromatic N) is 1. The molecular formula is C40H50N4O3. The molecule has 1 saturated heterocycles. The summed E-state index contributed by atoms with van der Waals surface area (Å²) in [7, 11) is 0. The zero-order valence-corrected chi connectivity index (χ0v) is 27.7. The number of aryl methyl sites for hydroxylation is 1. The summed E-state index contributed by atoms with van der Waals surface area (Å²) in [5.41, 5.74) is 4.50. The van der Waals surface area contributed by atoms with Crippen LogP contribution < -0.4 is 16.0 Å². The van der Waals surface area contributed by atoms with Crippen molar-refractivity contribution in [2.45, 2.75) is 76.3 Å². The molecule has 0 bridgehead atoms. The van der Waals surface area contributed by atoms with Crippen molar-refractivity contribution in [3.05, 3.63) is 113 Å². The molecule has 1 saturated carbocycles. The topological polar surface area (TPSA) is 90.5 Å². The summed E-state index contributed by atoms with van der Waals surface area (Å²) in [5, 5.41) is 9.78. The van der Waals surface area contributed by atoms with E-state index in [0.717, 1.165) is 37.7 Å². The standard InChI is InChI=1S/C40H50N4O3/c1-30-19-21-31(22-20-30)23-24-38(45)42-28-35-25-27-44(29-36(32-12-5-2-6-13-32)33-14-7-3-8-15-33)40(47)37(43-35)18-11-26-41-39(46)34-16-9-4-10-17-34/h2-3,5-8,12-15,19-24,34-37,43H,4,9-11,16-18,25-29H2,1H3,(H,41,46)(H,42,45)/b24-23+/t35-,37-/m0/s1. The van der Waals surface area contributed by atoms with Crippen LogP contribution in [0.25, 0.3) is 6.08 Å². The SMILES string of the molecule is Cc1ccc(/C=C/C(=O)NC[C@@H]2CCN(CC(c3ccccc3)c3ccccc3)C(=O)[C@H](CCCNC(=O)C3CCCCC3)N2)cc1. The van der Waals surface area contributed by atoms with Crippen LogP contribution in [0.4, 0.5) is 0 Å². The molecule has 3 aromatic rings. The molecule has 7 heteroatoms. The average molecular weight is 635 g/mol. The second kappa shape index (κ2) is 17.6. The smallest absolute Gasteiger partial charge is 0.244 e. The highest BCUT2D eigenvalue weighted by Gasteiger charge is 2.32. The summed E-state index contributed by atoms with van der Waals surface area (Å²) in [5.74, 6) is 0.237. The summed E-state index contributed by atoms with van der Waals surface area (Å²) in [6, 6.07) is 28.3. The molecule has 1 heterocycles. The quantitative estimate of drug-likeness (QED) is 0.159. The number of carbonyl (C=O) groups is 3. The van der Waals surface area contributed by atoms with Crippen molar-refractivity contribution in [1.29, 1.82) is 0 Å². The van der Waals surface area contributed by atoms with Crippen LogP contribution in [0.15, 0.2) is 91.0 Å². The van der Waals surface area contributed by atoms with Crippen LogP contribution in [0.3, 0.4) is 0 Å². The third-order valence-electron chi connectivity index (χ3n) is 9.57. The van der Waals surface area contributed by atoms with E-state index < -0.39 is 6.04 Å². The molecule has 1 aliphatic heterocycles. The highest BCUT2D eigenvalue weighted by molar-refractivity contribution is 5.91. The average Bonchev–Trinajstić information content (AvgIpc) is 3.26. The van der Waals surface area contributed by atoms with E-state index in [0.29, 0.717) is 39.0 Å². The third-order valence-corrected chi connectivity index (χ3v) is 9.57. The lowest BCUT2D eigenvalue weighted by Gasteiger charge is -2.29. The molecule has 0 radical (unpaired) electrons. The fourth-order valence-electron chi connectivity index (χ4n) is 6.78. The van der Waals surface area contributed by atoms with Gasteiger partial charge in [0.2, 0.25) is 17.7 Å². The first kappa shape index (κ1) is 34.1. The van der Waals surface area contributed by atoms with Crippen LogP contribution in [0.5, 0.6) is 0 Å². The lowest BCUT2D eigenvalue weighted by Crippen LogP contribution is -2.49. The van der Waals surface area contributed by atoms with Crippen molar-refractivity contribution in [1.82, 2.24) is 20.9 Å². The van der Waals surface area contributed by atoms with Gasteiger partial charge in [-0.15, -0.1) is 0 Å². The second-order valence-corrected chi connectivity index (χ2v) is 13.1. The predicted octanol–water partition coefficient (Wildman–Crippen LogP) is 5.99. The Bertz CT molecular complexity index is 1410. The molecule has 2 aliphatic rings. The van der Waals surface area contributed by atoms with E-state index in [2.05, 4.69) is 40.2 Å². The van der Waals surface area contributed by atoms with E-state index in [4.69, 9.17) is 0 Å². The fraction of sp³-hybridized carbons (Fsp3) is 0.425. The van der Waals surface area contributed by atoms with Gasteiger partial charge < -0.3 is 20.9 Å². The molecule has 2 fully saturated rings. The normalized spacial score (nSPS) is 19.1. The van der Waals surface area contributed by atoms with Gasteiger partial charge in [-0.25, -0.2) is 0 Å². The maximum absolute atomic E-state index is 14.2. The van der Waals surface area contributed by atoms with Crippen LogP contribution in [-0.2, 0) is 14.4 Å². The molecular weight excluding hydrogens is 584 g/mol. The maximum Gasteiger partial charge on any atom is 0.244 e. The van der Waals surface area contributed by atoms with Gasteiger partial charge in [-0.05, 0) is 61.8 Å². The monoisotopic (exact) mass is 634 g/mol. The molecule has 5 rings (SSSR count). The Morgan fingerprint density at radius 2 is 1.53 bits per heavy atom. The molecule has 3 aromatic carbocycles. The van der Waals surface area contributed by atoms with E-state index in [-0.39, 0.29) is 35.6 Å². The van der Waals surface area contributed by atoms with E-state index in [9.17, 15) is 14.4 Å². The Labute approximate surface area is 280 Å². The first-order chi connectivity index (χ1) is 23.0. The number of amides is 3. The van der Waals surface area contributed by atoms with Crippen molar-refractivity contribution >= 4 is 23.8 Å². The molecule has 7 nitrogen and oxygen atoms in total. The van der Waals surface area contributed by atoms with Gasteiger partial charge in [-0.3, -0.25) is 14.4 Å². The predicted molar refractivity (Wildman–Crippen MR) is 189 cm³/mol. The fourth-order valence-corrected chi connectivity index (χ4v) is 6.78. The maximum atomic E-state index is 14.2. The summed E-state index contributed by atoms with van der Waals surface area (Å²) in [6.45, 7) is 4.19. The van der Waals surface area contributed by atoms with E-state index in [1.165, 1.54) is 23.1 Å². The van der Waals surface area contributed by atoms with Gasteiger partial charge in [0.05, 0.1) is 6.04 Å². The number of rotatable bonds is 13. The largest absolute Gasteiger partial charge is 0.356 e. The van der Waals surface area contributed by atoms with Crippen molar-refractivity contribution in [2.75, 3.05) is 26.2 Å². The highest BCUT2D eigenvalue weighted by atomic mass is 16.2. The zero-order valence-electron chi connectivity index (χ0n) is 27.7. The van der Waals surface area contributed by atoms with Gasteiger partial charge in [-0.1, -0.05) is 110 Å². The molecule has 3 amide bonds. The summed E-state index contributed by atoms with van der Waals surface area (Å²) >= 11 is 0. The zero-order chi connectivity index (χ0) is 32.8. The molecule has 0 unspecified atom stereocenters. The first-order valence-electron chi connectivity index (χ1n) is 17.4. The van der Waals surface area contributed by atoms with Crippen LogP contribution in [0.1, 0.15) is 79.5 Å². The minimum atomic E-state index is -0.402. The molecule has 47 heavy (non-hydrogen) atoms.